The summed E-state index contributed by atoms with van der Waals surface area (Å²) in [5, 5.41) is 13.1. The summed E-state index contributed by atoms with van der Waals surface area (Å²) in [7, 11) is 0. The van der Waals surface area contributed by atoms with Crippen molar-refractivity contribution in [1.82, 2.24) is 29.4 Å². The molecule has 0 aromatic carbocycles. The average Bonchev–Trinajstić information content (AvgIpc) is 3.12. The minimum absolute atomic E-state index is 0.424. The predicted octanol–water partition coefficient (Wildman–Crippen LogP) is 1.95. The molecule has 1 saturated heterocycles. The van der Waals surface area contributed by atoms with Crippen molar-refractivity contribution in [3.8, 4) is 0 Å². The summed E-state index contributed by atoms with van der Waals surface area (Å²) >= 11 is 0. The van der Waals surface area contributed by atoms with E-state index in [-0.39, 0.29) is 0 Å². The highest BCUT2D eigenvalue weighted by atomic mass is 15.3. The Hall–Kier alpha value is -1.69. The van der Waals surface area contributed by atoms with Crippen LogP contribution in [0.15, 0.2) is 12.4 Å². The normalized spacial score (nSPS) is 24.7. The fraction of sp³-hybridized carbons (Fsp3) is 0.688. The van der Waals surface area contributed by atoms with Gasteiger partial charge in [0.2, 0.25) is 0 Å². The Morgan fingerprint density at radius 2 is 2.05 bits per heavy atom. The Labute approximate surface area is 131 Å². The van der Waals surface area contributed by atoms with Crippen molar-refractivity contribution in [1.29, 1.82) is 0 Å². The molecule has 4 rings (SSSR count). The van der Waals surface area contributed by atoms with Gasteiger partial charge < -0.3 is 4.57 Å². The summed E-state index contributed by atoms with van der Waals surface area (Å²) in [6.07, 6.45) is 7.79. The second-order valence-electron chi connectivity index (χ2n) is 6.96. The van der Waals surface area contributed by atoms with Crippen LogP contribution in [0.4, 0.5) is 0 Å². The SMILES string of the molecule is Cc1nnc2n1C[C@H]1CC[C@@H](C2)N1Cc1cnn(C(C)C)c1. The van der Waals surface area contributed by atoms with Gasteiger partial charge >= 0.3 is 0 Å². The molecule has 0 aliphatic carbocycles. The van der Waals surface area contributed by atoms with Crippen molar-refractivity contribution < 1.29 is 0 Å². The van der Waals surface area contributed by atoms with Crippen LogP contribution in [0.2, 0.25) is 0 Å². The highest BCUT2D eigenvalue weighted by molar-refractivity contribution is 5.09. The van der Waals surface area contributed by atoms with Gasteiger partial charge in [-0.15, -0.1) is 10.2 Å². The van der Waals surface area contributed by atoms with E-state index in [1.165, 1.54) is 18.4 Å². The molecule has 0 unspecified atom stereocenters. The maximum atomic E-state index is 4.48. The lowest BCUT2D eigenvalue weighted by Gasteiger charge is -2.27. The average molecular weight is 300 g/mol. The molecule has 2 bridgehead atoms. The Morgan fingerprint density at radius 3 is 2.82 bits per heavy atom. The molecule has 2 aliphatic heterocycles. The van der Waals surface area contributed by atoms with Gasteiger partial charge in [0.15, 0.2) is 0 Å². The van der Waals surface area contributed by atoms with E-state index in [1.807, 2.05) is 10.9 Å². The summed E-state index contributed by atoms with van der Waals surface area (Å²) in [4.78, 5) is 2.66. The fourth-order valence-electron chi connectivity index (χ4n) is 3.88. The first-order valence-corrected chi connectivity index (χ1v) is 8.29. The quantitative estimate of drug-likeness (QED) is 0.869. The fourth-order valence-corrected chi connectivity index (χ4v) is 3.88. The van der Waals surface area contributed by atoms with Gasteiger partial charge in [-0.05, 0) is 33.6 Å². The van der Waals surface area contributed by atoms with E-state index >= 15 is 0 Å². The molecule has 4 heterocycles. The Morgan fingerprint density at radius 1 is 1.23 bits per heavy atom. The molecule has 22 heavy (non-hydrogen) atoms. The maximum absolute atomic E-state index is 4.48. The first-order chi connectivity index (χ1) is 10.6. The number of fused-ring (bicyclic) bond motifs is 3. The van der Waals surface area contributed by atoms with E-state index in [9.17, 15) is 0 Å². The van der Waals surface area contributed by atoms with E-state index in [0.29, 0.717) is 18.1 Å². The maximum Gasteiger partial charge on any atom is 0.134 e. The van der Waals surface area contributed by atoms with Crippen LogP contribution in [0.5, 0.6) is 0 Å². The molecule has 2 atom stereocenters. The van der Waals surface area contributed by atoms with Crippen LogP contribution in [0.25, 0.3) is 0 Å². The van der Waals surface area contributed by atoms with Gasteiger partial charge in [-0.1, -0.05) is 0 Å². The number of aromatic nitrogens is 5. The second-order valence-corrected chi connectivity index (χ2v) is 6.96. The molecule has 0 spiro atoms. The van der Waals surface area contributed by atoms with Crippen LogP contribution >= 0.6 is 0 Å². The zero-order valence-electron chi connectivity index (χ0n) is 13.6. The molecular weight excluding hydrogens is 276 g/mol. The number of rotatable bonds is 3. The summed E-state index contributed by atoms with van der Waals surface area (Å²) in [6, 6.07) is 1.62. The topological polar surface area (TPSA) is 51.8 Å². The Balaban J connectivity index is 1.56. The first kappa shape index (κ1) is 13.9. The van der Waals surface area contributed by atoms with Crippen molar-refractivity contribution in [3.63, 3.8) is 0 Å². The molecule has 2 aromatic heterocycles. The summed E-state index contributed by atoms with van der Waals surface area (Å²) < 4.78 is 4.36. The van der Waals surface area contributed by atoms with Crippen LogP contribution in [0.3, 0.4) is 0 Å². The lowest BCUT2D eigenvalue weighted by atomic mass is 10.1. The molecule has 118 valence electrons. The van der Waals surface area contributed by atoms with Crippen LogP contribution in [0, 0.1) is 6.92 Å². The van der Waals surface area contributed by atoms with Crippen molar-refractivity contribution in [3.05, 3.63) is 29.6 Å². The smallest absolute Gasteiger partial charge is 0.134 e. The van der Waals surface area contributed by atoms with Crippen molar-refractivity contribution in [2.75, 3.05) is 0 Å². The van der Waals surface area contributed by atoms with Gasteiger partial charge in [-0.25, -0.2) is 0 Å². The number of nitrogens with zero attached hydrogens (tertiary/aromatic N) is 6. The number of aryl methyl sites for hydroxylation is 1. The molecule has 0 radical (unpaired) electrons. The molecule has 6 nitrogen and oxygen atoms in total. The van der Waals surface area contributed by atoms with Crippen LogP contribution in [-0.2, 0) is 19.5 Å². The molecule has 2 aromatic rings. The van der Waals surface area contributed by atoms with Gasteiger partial charge in [0.1, 0.15) is 11.6 Å². The van der Waals surface area contributed by atoms with Crippen LogP contribution in [-0.4, -0.2) is 41.5 Å². The Bertz CT molecular complexity index is 670. The second kappa shape index (κ2) is 5.19. The number of hydrogen-bond donors (Lipinski definition) is 0. The lowest BCUT2D eigenvalue weighted by molar-refractivity contribution is 0.180. The molecule has 6 heteroatoms. The largest absolute Gasteiger partial charge is 0.314 e. The molecule has 0 amide bonds. The van der Waals surface area contributed by atoms with Crippen molar-refractivity contribution in [2.45, 2.75) is 71.2 Å². The van der Waals surface area contributed by atoms with Gasteiger partial charge in [-0.2, -0.15) is 5.10 Å². The Kier molecular flexibility index (Phi) is 3.29. The minimum atomic E-state index is 0.424. The third-order valence-corrected chi connectivity index (χ3v) is 5.14. The summed E-state index contributed by atoms with van der Waals surface area (Å²) in [5.74, 6) is 2.21. The standard InChI is InChI=1S/C16H24N6/c1-11(2)22-9-13(7-17-22)8-21-14-4-5-15(21)10-20-12(3)18-19-16(20)6-14/h7,9,11,14-15H,4-6,8,10H2,1-3H3/t14-,15+/m0/s1. The summed E-state index contributed by atoms with van der Waals surface area (Å²) in [5.41, 5.74) is 1.32. The molecule has 1 fully saturated rings. The lowest BCUT2D eigenvalue weighted by Crippen LogP contribution is -2.36. The highest BCUT2D eigenvalue weighted by Crippen LogP contribution is 2.32. The molecule has 0 saturated carbocycles. The highest BCUT2D eigenvalue weighted by Gasteiger charge is 2.38. The van der Waals surface area contributed by atoms with Gasteiger partial charge in [-0.3, -0.25) is 9.58 Å². The van der Waals surface area contributed by atoms with Crippen molar-refractivity contribution >= 4 is 0 Å². The molecular formula is C16H24N6. The molecule has 2 aliphatic rings. The van der Waals surface area contributed by atoms with Crippen molar-refractivity contribution in [2.24, 2.45) is 0 Å². The van der Waals surface area contributed by atoms with Crippen LogP contribution in [0.1, 0.15) is 49.9 Å². The van der Waals surface area contributed by atoms with E-state index in [0.717, 1.165) is 31.2 Å². The van der Waals surface area contributed by atoms with E-state index < -0.39 is 0 Å². The van der Waals surface area contributed by atoms with E-state index in [2.05, 4.69) is 51.7 Å². The molecule has 0 N–H and O–H groups in total. The summed E-state index contributed by atoms with van der Waals surface area (Å²) in [6.45, 7) is 8.43. The van der Waals surface area contributed by atoms with E-state index in [1.54, 1.807) is 0 Å². The third-order valence-electron chi connectivity index (χ3n) is 5.14. The number of hydrogen-bond acceptors (Lipinski definition) is 4. The van der Waals surface area contributed by atoms with Crippen LogP contribution < -0.4 is 0 Å². The van der Waals surface area contributed by atoms with Gasteiger partial charge in [0.25, 0.3) is 0 Å². The van der Waals surface area contributed by atoms with Gasteiger partial charge in [0.05, 0.1) is 6.20 Å². The van der Waals surface area contributed by atoms with Gasteiger partial charge in [0, 0.05) is 49.4 Å². The minimum Gasteiger partial charge on any atom is -0.314 e. The zero-order chi connectivity index (χ0) is 15.3. The predicted molar refractivity (Wildman–Crippen MR) is 83.4 cm³/mol. The monoisotopic (exact) mass is 300 g/mol. The third kappa shape index (κ3) is 2.26. The first-order valence-electron chi connectivity index (χ1n) is 8.29. The zero-order valence-corrected chi connectivity index (χ0v) is 13.6. The van der Waals surface area contributed by atoms with E-state index in [4.69, 9.17) is 0 Å².